The second kappa shape index (κ2) is 18.8. The average molecular weight is 617 g/mol. The quantitative estimate of drug-likeness (QED) is 0.286. The van der Waals surface area contributed by atoms with Crippen LogP contribution < -0.4 is 16.4 Å². The predicted octanol–water partition coefficient (Wildman–Crippen LogP) is 5.95. The van der Waals surface area contributed by atoms with E-state index in [-0.39, 0.29) is 11.9 Å². The standard InChI is InChI=1S/C28H36F3N3O2.C3H5N3.C2H6/c1-20-9-3-4-10-23(20)24-11-5-6-12-25(24)26(27(36)32-19-28(29,30)31)13-7-8-16-34-17-14-22(15-18-34)33-21(2)35;4-3-1-2-5-6-3;1-2/h3-6,9-12,22,26H,7-8,13-19H2,1-2H3,(H,32,36)(H,33,35);2H,1H2,(H2,4,6);1-2H3. The smallest absolute Gasteiger partial charge is 0.385 e. The Morgan fingerprint density at radius 1 is 1.02 bits per heavy atom. The van der Waals surface area contributed by atoms with E-state index in [2.05, 4.69) is 25.7 Å². The van der Waals surface area contributed by atoms with Gasteiger partial charge in [-0.2, -0.15) is 18.3 Å². The number of aryl methyl sites for hydroxylation is 1. The zero-order valence-corrected chi connectivity index (χ0v) is 26.3. The first-order valence-corrected chi connectivity index (χ1v) is 15.4. The molecule has 1 fully saturated rings. The molecule has 0 radical (unpaired) electrons. The monoisotopic (exact) mass is 616 g/mol. The number of carbonyl (C=O) groups is 2. The molecule has 2 heterocycles. The minimum absolute atomic E-state index is 0.00531. The Bertz CT molecular complexity index is 1240. The number of amides is 2. The summed E-state index contributed by atoms with van der Waals surface area (Å²) in [6, 6.07) is 15.6. The summed E-state index contributed by atoms with van der Waals surface area (Å²) in [5, 5.41) is 12.1. The third-order valence-electron chi connectivity index (χ3n) is 7.33. The third-order valence-corrected chi connectivity index (χ3v) is 7.33. The fourth-order valence-corrected chi connectivity index (χ4v) is 5.22. The van der Waals surface area contributed by atoms with Crippen LogP contribution in [-0.2, 0) is 9.59 Å². The number of rotatable bonds is 10. The molecule has 0 aromatic heterocycles. The van der Waals surface area contributed by atoms with E-state index in [9.17, 15) is 22.8 Å². The summed E-state index contributed by atoms with van der Waals surface area (Å²) >= 11 is 0. The highest BCUT2D eigenvalue weighted by Gasteiger charge is 2.31. The van der Waals surface area contributed by atoms with Crippen LogP contribution in [0.15, 0.2) is 58.7 Å². The summed E-state index contributed by atoms with van der Waals surface area (Å²) in [7, 11) is 0. The fourth-order valence-electron chi connectivity index (χ4n) is 5.22. The number of nitrogens with zero attached hydrogens (tertiary/aromatic N) is 3. The van der Waals surface area contributed by atoms with Crippen molar-refractivity contribution in [3.05, 3.63) is 59.7 Å². The number of alkyl halides is 3. The van der Waals surface area contributed by atoms with E-state index in [4.69, 9.17) is 5.73 Å². The topological polar surface area (TPSA) is 112 Å². The minimum atomic E-state index is -4.46. The van der Waals surface area contributed by atoms with Gasteiger partial charge in [-0.1, -0.05) is 68.8 Å². The van der Waals surface area contributed by atoms with E-state index < -0.39 is 24.5 Å². The van der Waals surface area contributed by atoms with Crippen molar-refractivity contribution in [1.82, 2.24) is 15.5 Å². The van der Waals surface area contributed by atoms with Crippen LogP contribution in [0.5, 0.6) is 0 Å². The second-order valence-corrected chi connectivity index (χ2v) is 10.7. The highest BCUT2D eigenvalue weighted by molar-refractivity contribution is 5.95. The number of unbranched alkanes of at least 4 members (excludes halogenated alkanes) is 1. The van der Waals surface area contributed by atoms with Crippen molar-refractivity contribution in [1.29, 1.82) is 0 Å². The molecule has 1 unspecified atom stereocenters. The number of nitrogens with two attached hydrogens (primary N) is 1. The zero-order valence-electron chi connectivity index (χ0n) is 26.3. The van der Waals surface area contributed by atoms with Gasteiger partial charge in [0.1, 0.15) is 12.4 Å². The molecule has 4 rings (SSSR count). The molecule has 2 aliphatic heterocycles. The van der Waals surface area contributed by atoms with Crippen molar-refractivity contribution < 1.29 is 22.8 Å². The maximum atomic E-state index is 13.0. The molecule has 2 aromatic rings. The molecule has 44 heavy (non-hydrogen) atoms. The Balaban J connectivity index is 0.000000740. The van der Waals surface area contributed by atoms with E-state index in [1.165, 1.54) is 6.92 Å². The highest BCUT2D eigenvalue weighted by Crippen LogP contribution is 2.34. The summed E-state index contributed by atoms with van der Waals surface area (Å²) in [4.78, 5) is 26.6. The molecule has 242 valence electrons. The van der Waals surface area contributed by atoms with Gasteiger partial charge in [0.05, 0.1) is 5.92 Å². The minimum Gasteiger partial charge on any atom is -0.385 e. The van der Waals surface area contributed by atoms with Crippen molar-refractivity contribution in [2.75, 3.05) is 26.2 Å². The Morgan fingerprint density at radius 2 is 1.66 bits per heavy atom. The molecule has 2 aliphatic rings. The molecule has 0 aliphatic carbocycles. The Kier molecular flexibility index (Phi) is 15.6. The van der Waals surface area contributed by atoms with Crippen molar-refractivity contribution >= 4 is 23.9 Å². The van der Waals surface area contributed by atoms with E-state index >= 15 is 0 Å². The van der Waals surface area contributed by atoms with Crippen LogP contribution in [0.3, 0.4) is 0 Å². The maximum Gasteiger partial charge on any atom is 0.405 e. The molecule has 2 amide bonds. The lowest BCUT2D eigenvalue weighted by Gasteiger charge is -2.32. The number of piperidine rings is 1. The van der Waals surface area contributed by atoms with Gasteiger partial charge in [-0.25, -0.2) is 0 Å². The van der Waals surface area contributed by atoms with Crippen LogP contribution in [0.4, 0.5) is 13.2 Å². The van der Waals surface area contributed by atoms with Crippen LogP contribution in [0.1, 0.15) is 76.3 Å². The molecule has 8 nitrogen and oxygen atoms in total. The van der Waals surface area contributed by atoms with Gasteiger partial charge < -0.3 is 21.3 Å². The molecule has 0 spiro atoms. The van der Waals surface area contributed by atoms with Gasteiger partial charge >= 0.3 is 6.18 Å². The van der Waals surface area contributed by atoms with Crippen LogP contribution in [0.25, 0.3) is 11.1 Å². The van der Waals surface area contributed by atoms with E-state index in [0.717, 1.165) is 74.0 Å². The SMILES string of the molecule is CC.CC(=O)NC1CCN(CCCCC(C(=O)NCC(F)(F)F)c2ccccc2-c2ccccc2C)CC1.NC1=NN=CC1. The lowest BCUT2D eigenvalue weighted by molar-refractivity contribution is -0.139. The lowest BCUT2D eigenvalue weighted by atomic mass is 9.85. The van der Waals surface area contributed by atoms with Crippen LogP contribution >= 0.6 is 0 Å². The first-order valence-electron chi connectivity index (χ1n) is 15.4. The van der Waals surface area contributed by atoms with Crippen molar-refractivity contribution in [2.45, 2.75) is 84.4 Å². The Hall–Kier alpha value is -3.73. The maximum absolute atomic E-state index is 13.0. The number of carbonyl (C=O) groups excluding carboxylic acids is 2. The molecular formula is C33H47F3N6O2. The molecule has 1 saturated heterocycles. The van der Waals surface area contributed by atoms with E-state index in [1.807, 2.05) is 69.3 Å². The molecule has 2 aromatic carbocycles. The summed E-state index contributed by atoms with van der Waals surface area (Å²) < 4.78 is 38.5. The number of hydrogen-bond acceptors (Lipinski definition) is 6. The zero-order chi connectivity index (χ0) is 32.5. The van der Waals surface area contributed by atoms with Gasteiger partial charge in [-0.3, -0.25) is 9.59 Å². The first kappa shape index (κ1) is 36.5. The molecule has 0 bridgehead atoms. The first-order chi connectivity index (χ1) is 21.0. The largest absolute Gasteiger partial charge is 0.405 e. The van der Waals surface area contributed by atoms with Gasteiger partial charge in [-0.05, 0) is 61.4 Å². The lowest BCUT2D eigenvalue weighted by Crippen LogP contribution is -2.44. The van der Waals surface area contributed by atoms with E-state index in [1.54, 1.807) is 6.21 Å². The van der Waals surface area contributed by atoms with Crippen LogP contribution in [-0.4, -0.2) is 67.2 Å². The number of nitrogens with one attached hydrogen (secondary N) is 2. The van der Waals surface area contributed by atoms with Crippen LogP contribution in [0.2, 0.25) is 0 Å². The molecule has 11 heteroatoms. The van der Waals surface area contributed by atoms with Gasteiger partial charge in [0.2, 0.25) is 11.8 Å². The van der Waals surface area contributed by atoms with Gasteiger partial charge in [0.15, 0.2) is 0 Å². The van der Waals surface area contributed by atoms with Crippen molar-refractivity contribution in [2.24, 2.45) is 15.9 Å². The number of halogens is 3. The third kappa shape index (κ3) is 12.9. The van der Waals surface area contributed by atoms with Crippen molar-refractivity contribution in [3.63, 3.8) is 0 Å². The summed E-state index contributed by atoms with van der Waals surface area (Å²) in [5.41, 5.74) is 8.81. The molecule has 0 saturated carbocycles. The summed E-state index contributed by atoms with van der Waals surface area (Å²) in [5.74, 6) is -0.664. The average Bonchev–Trinajstić information content (AvgIpc) is 3.49. The number of likely N-dealkylation sites (tertiary alicyclic amines) is 1. The van der Waals surface area contributed by atoms with E-state index in [0.29, 0.717) is 12.3 Å². The molecule has 4 N–H and O–H groups in total. The predicted molar refractivity (Wildman–Crippen MR) is 172 cm³/mol. The molecule has 1 atom stereocenters. The summed E-state index contributed by atoms with van der Waals surface area (Å²) in [6.07, 6.45) is 1.79. The highest BCUT2D eigenvalue weighted by atomic mass is 19.4. The second-order valence-electron chi connectivity index (χ2n) is 10.7. The number of hydrogen-bond donors (Lipinski definition) is 3. The van der Waals surface area contributed by atoms with Gasteiger partial charge in [-0.15, -0.1) is 5.10 Å². The normalized spacial score (nSPS) is 15.7. The summed E-state index contributed by atoms with van der Waals surface area (Å²) in [6.45, 7) is 8.85. The Labute approximate surface area is 259 Å². The van der Waals surface area contributed by atoms with Gasteiger partial charge in [0, 0.05) is 38.7 Å². The number of benzene rings is 2. The Morgan fingerprint density at radius 3 is 2.20 bits per heavy atom. The van der Waals surface area contributed by atoms with Crippen molar-refractivity contribution in [3.8, 4) is 11.1 Å². The fraction of sp³-hybridized carbons (Fsp3) is 0.515. The van der Waals surface area contributed by atoms with Gasteiger partial charge in [0.25, 0.3) is 0 Å². The molecular weight excluding hydrogens is 569 g/mol. The van der Waals surface area contributed by atoms with Crippen LogP contribution in [0, 0.1) is 6.92 Å². The number of amidine groups is 1.